The molecule has 0 aliphatic rings. The van der Waals surface area contributed by atoms with Crippen LogP contribution in [0.15, 0.2) is 28.7 Å². The van der Waals surface area contributed by atoms with Gasteiger partial charge in [0.2, 0.25) is 0 Å². The molecule has 0 radical (unpaired) electrons. The third kappa shape index (κ3) is 2.55. The highest BCUT2D eigenvalue weighted by Gasteiger charge is 2.13. The largest absolute Gasteiger partial charge is 0.466 e. The molecule has 0 spiro atoms. The van der Waals surface area contributed by atoms with E-state index in [9.17, 15) is 4.39 Å². The second kappa shape index (κ2) is 4.84. The highest BCUT2D eigenvalue weighted by molar-refractivity contribution is 5.52. The van der Waals surface area contributed by atoms with Gasteiger partial charge in [-0.3, -0.25) is 0 Å². The van der Waals surface area contributed by atoms with Crippen LogP contribution in [-0.2, 0) is 0 Å². The van der Waals surface area contributed by atoms with Gasteiger partial charge >= 0.3 is 0 Å². The number of rotatable bonds is 3. The molecule has 96 valence electrons. The Hall–Kier alpha value is -1.77. The van der Waals surface area contributed by atoms with Crippen molar-refractivity contribution >= 4 is 5.69 Å². The normalized spacial score (nSPS) is 12.5. The zero-order chi connectivity index (χ0) is 13.3. The quantitative estimate of drug-likeness (QED) is 0.862. The van der Waals surface area contributed by atoms with Crippen molar-refractivity contribution in [1.82, 2.24) is 0 Å². The van der Waals surface area contributed by atoms with E-state index >= 15 is 0 Å². The lowest BCUT2D eigenvalue weighted by Gasteiger charge is -2.16. The lowest BCUT2D eigenvalue weighted by atomic mass is 10.1. The molecule has 0 saturated heterocycles. The van der Waals surface area contributed by atoms with Crippen LogP contribution < -0.4 is 5.32 Å². The molecule has 1 unspecified atom stereocenters. The van der Waals surface area contributed by atoms with Crippen molar-refractivity contribution < 1.29 is 8.81 Å². The number of benzene rings is 1. The van der Waals surface area contributed by atoms with Crippen molar-refractivity contribution in [1.29, 1.82) is 0 Å². The summed E-state index contributed by atoms with van der Waals surface area (Å²) in [6.07, 6.45) is 0. The van der Waals surface area contributed by atoms with E-state index in [0.29, 0.717) is 0 Å². The van der Waals surface area contributed by atoms with Crippen LogP contribution in [0.5, 0.6) is 0 Å². The maximum atomic E-state index is 13.2. The maximum Gasteiger partial charge on any atom is 0.125 e. The SMILES string of the molecule is Cc1cc(C(C)Nc2cc(F)ccc2C)c(C)o1. The van der Waals surface area contributed by atoms with E-state index in [4.69, 9.17) is 4.42 Å². The zero-order valence-corrected chi connectivity index (χ0v) is 11.2. The van der Waals surface area contributed by atoms with Crippen LogP contribution in [0.25, 0.3) is 0 Å². The molecule has 2 nitrogen and oxygen atoms in total. The van der Waals surface area contributed by atoms with Gasteiger partial charge in [0.15, 0.2) is 0 Å². The molecule has 0 saturated carbocycles. The molecular weight excluding hydrogens is 229 g/mol. The lowest BCUT2D eigenvalue weighted by Crippen LogP contribution is -2.08. The van der Waals surface area contributed by atoms with Crippen LogP contribution in [-0.4, -0.2) is 0 Å². The molecule has 0 amide bonds. The fraction of sp³-hybridized carbons (Fsp3) is 0.333. The highest BCUT2D eigenvalue weighted by Crippen LogP contribution is 2.26. The summed E-state index contributed by atoms with van der Waals surface area (Å²) in [4.78, 5) is 0. The summed E-state index contributed by atoms with van der Waals surface area (Å²) in [5.74, 6) is 1.57. The van der Waals surface area contributed by atoms with Gasteiger partial charge in [0.05, 0.1) is 6.04 Å². The summed E-state index contributed by atoms with van der Waals surface area (Å²) in [5.41, 5.74) is 2.96. The van der Waals surface area contributed by atoms with Crippen LogP contribution in [0, 0.1) is 26.6 Å². The minimum absolute atomic E-state index is 0.0861. The predicted molar refractivity (Wildman–Crippen MR) is 71.4 cm³/mol. The Labute approximate surface area is 107 Å². The number of hydrogen-bond acceptors (Lipinski definition) is 2. The van der Waals surface area contributed by atoms with Crippen molar-refractivity contribution in [3.05, 3.63) is 52.7 Å². The van der Waals surface area contributed by atoms with E-state index in [1.807, 2.05) is 33.8 Å². The van der Waals surface area contributed by atoms with Gasteiger partial charge in [0, 0.05) is 11.3 Å². The molecular formula is C15H18FNO. The van der Waals surface area contributed by atoms with Gasteiger partial charge in [-0.1, -0.05) is 6.07 Å². The molecule has 1 N–H and O–H groups in total. The molecule has 1 heterocycles. The van der Waals surface area contributed by atoms with Crippen molar-refractivity contribution in [2.45, 2.75) is 33.7 Å². The molecule has 1 aromatic heterocycles. The van der Waals surface area contributed by atoms with Crippen LogP contribution >= 0.6 is 0 Å². The molecule has 1 atom stereocenters. The van der Waals surface area contributed by atoms with Gasteiger partial charge in [-0.15, -0.1) is 0 Å². The first-order valence-corrected chi connectivity index (χ1v) is 6.07. The molecule has 0 aliphatic heterocycles. The van der Waals surface area contributed by atoms with Crippen LogP contribution in [0.3, 0.4) is 0 Å². The Morgan fingerprint density at radius 3 is 2.50 bits per heavy atom. The van der Waals surface area contributed by atoms with Crippen LogP contribution in [0.4, 0.5) is 10.1 Å². The first-order chi connectivity index (χ1) is 8.47. The Morgan fingerprint density at radius 2 is 1.89 bits per heavy atom. The summed E-state index contributed by atoms with van der Waals surface area (Å²) < 4.78 is 18.7. The smallest absolute Gasteiger partial charge is 0.125 e. The first kappa shape index (κ1) is 12.7. The highest BCUT2D eigenvalue weighted by atomic mass is 19.1. The summed E-state index contributed by atoms with van der Waals surface area (Å²) in [6.45, 7) is 7.87. The van der Waals surface area contributed by atoms with E-state index in [1.165, 1.54) is 12.1 Å². The Morgan fingerprint density at radius 1 is 1.17 bits per heavy atom. The molecule has 0 fully saturated rings. The van der Waals surface area contributed by atoms with Gasteiger partial charge in [0.1, 0.15) is 17.3 Å². The van der Waals surface area contributed by atoms with E-state index in [1.54, 1.807) is 6.07 Å². The third-order valence-corrected chi connectivity index (χ3v) is 3.12. The van der Waals surface area contributed by atoms with Gasteiger partial charge < -0.3 is 9.73 Å². The summed E-state index contributed by atoms with van der Waals surface area (Å²) in [6, 6.07) is 6.87. The van der Waals surface area contributed by atoms with Gasteiger partial charge in [-0.2, -0.15) is 0 Å². The van der Waals surface area contributed by atoms with E-state index < -0.39 is 0 Å². The Balaban J connectivity index is 2.23. The summed E-state index contributed by atoms with van der Waals surface area (Å²) in [5, 5.41) is 3.32. The van der Waals surface area contributed by atoms with Crippen molar-refractivity contribution in [3.63, 3.8) is 0 Å². The van der Waals surface area contributed by atoms with Gasteiger partial charge in [-0.25, -0.2) is 4.39 Å². The molecule has 18 heavy (non-hydrogen) atoms. The van der Waals surface area contributed by atoms with E-state index in [0.717, 1.165) is 28.3 Å². The number of hydrogen-bond donors (Lipinski definition) is 1. The molecule has 2 rings (SSSR count). The molecule has 1 aromatic carbocycles. The number of aryl methyl sites for hydroxylation is 3. The van der Waals surface area contributed by atoms with Crippen molar-refractivity contribution in [3.8, 4) is 0 Å². The number of halogens is 1. The van der Waals surface area contributed by atoms with Crippen molar-refractivity contribution in [2.24, 2.45) is 0 Å². The number of nitrogens with one attached hydrogen (secondary N) is 1. The van der Waals surface area contributed by atoms with Gasteiger partial charge in [-0.05, 0) is 51.5 Å². The monoisotopic (exact) mass is 247 g/mol. The number of anilines is 1. The maximum absolute atomic E-state index is 13.2. The standard InChI is InChI=1S/C15H18FNO/c1-9-5-6-13(16)8-15(9)17-11(3)14-7-10(2)18-12(14)4/h5-8,11,17H,1-4H3. The third-order valence-electron chi connectivity index (χ3n) is 3.12. The fourth-order valence-electron chi connectivity index (χ4n) is 2.14. The summed E-state index contributed by atoms with van der Waals surface area (Å²) >= 11 is 0. The molecule has 3 heteroatoms. The van der Waals surface area contributed by atoms with Crippen LogP contribution in [0.2, 0.25) is 0 Å². The van der Waals surface area contributed by atoms with E-state index in [-0.39, 0.29) is 11.9 Å². The molecule has 0 bridgehead atoms. The molecule has 0 aliphatic carbocycles. The average molecular weight is 247 g/mol. The van der Waals surface area contributed by atoms with Crippen molar-refractivity contribution in [2.75, 3.05) is 5.32 Å². The lowest BCUT2D eigenvalue weighted by molar-refractivity contribution is 0.500. The Kier molecular flexibility index (Phi) is 3.41. The minimum Gasteiger partial charge on any atom is -0.466 e. The predicted octanol–water partition coefficient (Wildman–Crippen LogP) is 4.52. The zero-order valence-electron chi connectivity index (χ0n) is 11.2. The average Bonchev–Trinajstić information content (AvgIpc) is 2.63. The van der Waals surface area contributed by atoms with Crippen LogP contribution in [0.1, 0.15) is 35.6 Å². The second-order valence-electron chi connectivity index (χ2n) is 4.69. The second-order valence-corrected chi connectivity index (χ2v) is 4.69. The van der Waals surface area contributed by atoms with Gasteiger partial charge in [0.25, 0.3) is 0 Å². The fourth-order valence-corrected chi connectivity index (χ4v) is 2.14. The minimum atomic E-state index is -0.226. The summed E-state index contributed by atoms with van der Waals surface area (Å²) in [7, 11) is 0. The topological polar surface area (TPSA) is 25.2 Å². The number of furan rings is 1. The molecule has 2 aromatic rings. The first-order valence-electron chi connectivity index (χ1n) is 6.07. The van der Waals surface area contributed by atoms with E-state index in [2.05, 4.69) is 5.32 Å². The Bertz CT molecular complexity index is 560.